The van der Waals surface area contributed by atoms with Crippen LogP contribution < -0.4 is 4.74 Å². The van der Waals surface area contributed by atoms with Gasteiger partial charge in [-0.2, -0.15) is 0 Å². The van der Waals surface area contributed by atoms with Gasteiger partial charge in [-0.25, -0.2) is 0 Å². The second-order valence-corrected chi connectivity index (χ2v) is 3.56. The Labute approximate surface area is 83.7 Å². The largest absolute Gasteiger partial charge is 0.497 e. The number of ether oxygens (including phenoxy) is 1. The van der Waals surface area contributed by atoms with Gasteiger partial charge in [0.2, 0.25) is 0 Å². The minimum atomic E-state index is -0.753. The lowest BCUT2D eigenvalue weighted by Gasteiger charge is -2.10. The number of carbonyl (C=O) groups is 1. The van der Waals surface area contributed by atoms with E-state index < -0.39 is 11.4 Å². The molecule has 0 bridgehead atoms. The third kappa shape index (κ3) is 1.25. The van der Waals surface area contributed by atoms with Crippen molar-refractivity contribution in [1.29, 1.82) is 0 Å². The van der Waals surface area contributed by atoms with Gasteiger partial charge in [-0.15, -0.1) is 0 Å². The maximum atomic E-state index is 11.0. The number of hydrogen-bond donors (Lipinski definition) is 1. The first-order valence-corrected chi connectivity index (χ1v) is 4.45. The number of carboxylic acid groups (broad SMARTS) is 1. The van der Waals surface area contributed by atoms with Crippen molar-refractivity contribution >= 4 is 5.97 Å². The van der Waals surface area contributed by atoms with E-state index >= 15 is 0 Å². The molecule has 14 heavy (non-hydrogen) atoms. The first-order valence-electron chi connectivity index (χ1n) is 5.16. The molecule has 1 aliphatic carbocycles. The topological polar surface area (TPSA) is 46.5 Å². The van der Waals surface area contributed by atoms with Crippen LogP contribution in [0.2, 0.25) is 0 Å². The quantitative estimate of drug-likeness (QED) is 0.796. The first kappa shape index (κ1) is 7.85. The monoisotopic (exact) mass is 193 g/mol. The van der Waals surface area contributed by atoms with E-state index in [2.05, 4.69) is 0 Å². The third-order valence-corrected chi connectivity index (χ3v) is 2.73. The molecule has 2 rings (SSSR count). The van der Waals surface area contributed by atoms with Crippen molar-refractivity contribution in [3.63, 3.8) is 0 Å². The zero-order valence-electron chi connectivity index (χ0n) is 8.69. The Morgan fingerprint density at radius 2 is 2.14 bits per heavy atom. The highest BCUT2D eigenvalue weighted by atomic mass is 16.5. The smallest absolute Gasteiger partial charge is 0.314 e. The summed E-state index contributed by atoms with van der Waals surface area (Å²) in [6.07, 6.45) is 1.42. The number of carboxylic acids is 1. The van der Waals surface area contributed by atoms with E-state index in [1.54, 1.807) is 24.3 Å². The Kier molecular flexibility index (Phi) is 1.69. The molecule has 0 saturated heterocycles. The lowest BCUT2D eigenvalue weighted by molar-refractivity contribution is -0.140. The zero-order valence-corrected chi connectivity index (χ0v) is 7.69. The average molecular weight is 193 g/mol. The van der Waals surface area contributed by atoms with Crippen LogP contribution in [0.25, 0.3) is 0 Å². The van der Waals surface area contributed by atoms with Crippen LogP contribution in [-0.2, 0) is 10.2 Å². The molecule has 1 aliphatic rings. The van der Waals surface area contributed by atoms with Crippen molar-refractivity contribution in [3.8, 4) is 5.75 Å². The van der Waals surface area contributed by atoms with Gasteiger partial charge in [0.15, 0.2) is 0 Å². The molecule has 0 unspecified atom stereocenters. The molecule has 1 fully saturated rings. The Hall–Kier alpha value is -1.51. The predicted molar refractivity (Wildman–Crippen MR) is 51.5 cm³/mol. The zero-order chi connectivity index (χ0) is 10.9. The summed E-state index contributed by atoms with van der Waals surface area (Å²) in [4.78, 5) is 11.0. The number of benzene rings is 1. The van der Waals surface area contributed by atoms with Gasteiger partial charge in [0.25, 0.3) is 0 Å². The van der Waals surface area contributed by atoms with Crippen LogP contribution in [0.5, 0.6) is 5.75 Å². The van der Waals surface area contributed by atoms with Crippen LogP contribution in [0, 0.1) is 0 Å². The molecule has 0 atom stereocenters. The normalized spacial score (nSPS) is 18.4. The summed E-state index contributed by atoms with van der Waals surface area (Å²) in [5.74, 6) is -0.147. The number of rotatable bonds is 3. The highest BCUT2D eigenvalue weighted by Crippen LogP contribution is 2.48. The van der Waals surface area contributed by atoms with Crippen LogP contribution in [0.4, 0.5) is 0 Å². The maximum absolute atomic E-state index is 11.0. The van der Waals surface area contributed by atoms with Gasteiger partial charge in [-0.1, -0.05) is 12.1 Å². The van der Waals surface area contributed by atoms with E-state index in [0.717, 1.165) is 5.56 Å². The van der Waals surface area contributed by atoms with Crippen molar-refractivity contribution in [3.05, 3.63) is 29.8 Å². The van der Waals surface area contributed by atoms with E-state index in [4.69, 9.17) is 11.2 Å². The fourth-order valence-electron chi connectivity index (χ4n) is 1.62. The second kappa shape index (κ2) is 3.01. The molecule has 1 aromatic carbocycles. The van der Waals surface area contributed by atoms with Crippen molar-refractivity contribution in [1.82, 2.24) is 0 Å². The highest BCUT2D eigenvalue weighted by Gasteiger charge is 2.51. The molecule has 0 spiro atoms. The first-order chi connectivity index (χ1) is 7.19. The molecule has 3 nitrogen and oxygen atoms in total. The highest BCUT2D eigenvalue weighted by molar-refractivity contribution is 5.84. The van der Waals surface area contributed by atoms with Gasteiger partial charge in [0, 0.05) is 0 Å². The number of hydrogen-bond acceptors (Lipinski definition) is 2. The molecule has 3 heteroatoms. The fraction of sp³-hybridized carbons (Fsp3) is 0.364. The second-order valence-electron chi connectivity index (χ2n) is 3.56. The lowest BCUT2D eigenvalue weighted by atomic mass is 9.96. The molecule has 0 radical (unpaired) electrons. The van der Waals surface area contributed by atoms with E-state index in [1.807, 2.05) is 0 Å². The Balaban J connectivity index is 2.20. The molecular weight excluding hydrogens is 180 g/mol. The van der Waals surface area contributed by atoms with Gasteiger partial charge in [-0.3, -0.25) is 4.79 Å². The van der Waals surface area contributed by atoms with Crippen molar-refractivity contribution in [2.75, 3.05) is 7.09 Å². The van der Waals surface area contributed by atoms with Crippen LogP contribution in [0.1, 0.15) is 19.8 Å². The van der Waals surface area contributed by atoms with Crippen LogP contribution in [0.15, 0.2) is 24.3 Å². The lowest BCUT2D eigenvalue weighted by Crippen LogP contribution is -2.19. The molecule has 1 N–H and O–H groups in total. The summed E-state index contributed by atoms with van der Waals surface area (Å²) >= 11 is 0. The van der Waals surface area contributed by atoms with Gasteiger partial charge in [0.05, 0.1) is 13.9 Å². The van der Waals surface area contributed by atoms with Gasteiger partial charge < -0.3 is 9.84 Å². The molecule has 0 heterocycles. The van der Waals surface area contributed by atoms with Crippen LogP contribution in [0.3, 0.4) is 0 Å². The maximum Gasteiger partial charge on any atom is 0.314 e. The molecule has 1 aromatic rings. The van der Waals surface area contributed by atoms with Gasteiger partial charge >= 0.3 is 5.97 Å². The molecule has 0 amide bonds. The van der Waals surface area contributed by atoms with Gasteiger partial charge in [-0.05, 0) is 30.5 Å². The third-order valence-electron chi connectivity index (χ3n) is 2.73. The number of aliphatic carboxylic acids is 1. The van der Waals surface area contributed by atoms with E-state index in [0.29, 0.717) is 18.6 Å². The SMILES string of the molecule is [2H]COc1ccc(C2(C(=O)O)CC2)cc1. The van der Waals surface area contributed by atoms with Crippen LogP contribution in [-0.4, -0.2) is 18.2 Å². The Bertz CT molecular complexity index is 368. The summed E-state index contributed by atoms with van der Waals surface area (Å²) in [5, 5.41) is 9.07. The van der Waals surface area contributed by atoms with Gasteiger partial charge in [0.1, 0.15) is 5.75 Å². The average Bonchev–Trinajstić information content (AvgIpc) is 3.00. The molecule has 1 saturated carbocycles. The molecule has 0 aliphatic heterocycles. The molecule has 74 valence electrons. The number of methoxy groups -OCH3 is 1. The summed E-state index contributed by atoms with van der Waals surface area (Å²) in [6.45, 7) is 0. The van der Waals surface area contributed by atoms with E-state index in [1.165, 1.54) is 0 Å². The minimum absolute atomic E-state index is 0.122. The van der Waals surface area contributed by atoms with E-state index in [-0.39, 0.29) is 7.09 Å². The minimum Gasteiger partial charge on any atom is -0.497 e. The van der Waals surface area contributed by atoms with Crippen molar-refractivity contribution in [2.24, 2.45) is 0 Å². The Morgan fingerprint density at radius 3 is 2.57 bits per heavy atom. The predicted octanol–water partition coefficient (Wildman–Crippen LogP) is 1.81. The summed E-state index contributed by atoms with van der Waals surface area (Å²) in [6, 6.07) is 6.97. The summed E-state index contributed by atoms with van der Waals surface area (Å²) in [5.41, 5.74) is 0.173. The summed E-state index contributed by atoms with van der Waals surface area (Å²) < 4.78 is 11.9. The van der Waals surface area contributed by atoms with Crippen molar-refractivity contribution in [2.45, 2.75) is 18.3 Å². The Morgan fingerprint density at radius 1 is 1.50 bits per heavy atom. The summed E-state index contributed by atoms with van der Waals surface area (Å²) in [7, 11) is -0.122. The van der Waals surface area contributed by atoms with Crippen LogP contribution >= 0.6 is 0 Å². The molecule has 0 aromatic heterocycles. The van der Waals surface area contributed by atoms with Crippen molar-refractivity contribution < 1.29 is 16.0 Å². The fourth-order valence-corrected chi connectivity index (χ4v) is 1.62. The van der Waals surface area contributed by atoms with E-state index in [9.17, 15) is 4.79 Å². The molecular formula is C11H12O3. The standard InChI is InChI=1S/C11H12O3/c1-14-9-4-2-8(3-5-9)11(6-7-11)10(12)13/h2-5H,6-7H2,1H3,(H,12,13)/i1D.